The van der Waals surface area contributed by atoms with Crippen molar-refractivity contribution in [1.82, 2.24) is 15.5 Å². The molecule has 2 heterocycles. The van der Waals surface area contributed by atoms with Crippen LogP contribution < -0.4 is 10.6 Å². The summed E-state index contributed by atoms with van der Waals surface area (Å²) in [7, 11) is 0. The molecule has 2 unspecified atom stereocenters. The summed E-state index contributed by atoms with van der Waals surface area (Å²) in [5.41, 5.74) is 0. The van der Waals surface area contributed by atoms with Crippen LogP contribution >= 0.6 is 24.2 Å². The SMILES string of the molecule is CC(C)N1CCC(NC(=O)CC2CSCCN2)C1=O.Cl. The van der Waals surface area contributed by atoms with Crippen molar-refractivity contribution in [3.8, 4) is 0 Å². The van der Waals surface area contributed by atoms with E-state index in [9.17, 15) is 9.59 Å². The Morgan fingerprint density at radius 1 is 1.55 bits per heavy atom. The second kappa shape index (κ2) is 8.10. The van der Waals surface area contributed by atoms with Gasteiger partial charge in [-0.3, -0.25) is 9.59 Å². The molecule has 2 rings (SSSR count). The Morgan fingerprint density at radius 2 is 2.30 bits per heavy atom. The molecule has 5 nitrogen and oxygen atoms in total. The van der Waals surface area contributed by atoms with Crippen LogP contribution in [0.15, 0.2) is 0 Å². The highest BCUT2D eigenvalue weighted by Crippen LogP contribution is 2.15. The molecule has 2 fully saturated rings. The number of nitrogens with zero attached hydrogens (tertiary/aromatic N) is 1. The second-order valence-electron chi connectivity index (χ2n) is 5.46. The van der Waals surface area contributed by atoms with Gasteiger partial charge in [0, 0.05) is 43.1 Å². The number of halogens is 1. The lowest BCUT2D eigenvalue weighted by molar-refractivity contribution is -0.133. The van der Waals surface area contributed by atoms with Gasteiger partial charge < -0.3 is 15.5 Å². The zero-order valence-electron chi connectivity index (χ0n) is 12.1. The van der Waals surface area contributed by atoms with Gasteiger partial charge >= 0.3 is 0 Å². The molecular formula is C13H24ClN3O2S. The molecule has 2 saturated heterocycles. The van der Waals surface area contributed by atoms with Gasteiger partial charge in [0.1, 0.15) is 6.04 Å². The summed E-state index contributed by atoms with van der Waals surface area (Å²) in [4.78, 5) is 25.9. The Bertz CT molecular complexity index is 349. The van der Waals surface area contributed by atoms with E-state index >= 15 is 0 Å². The van der Waals surface area contributed by atoms with Crippen LogP contribution in [0.4, 0.5) is 0 Å². The largest absolute Gasteiger partial charge is 0.344 e. The van der Waals surface area contributed by atoms with E-state index in [1.54, 1.807) is 0 Å². The average Bonchev–Trinajstić information content (AvgIpc) is 2.72. The minimum atomic E-state index is -0.314. The van der Waals surface area contributed by atoms with Crippen molar-refractivity contribution in [1.29, 1.82) is 0 Å². The maximum Gasteiger partial charge on any atom is 0.245 e. The lowest BCUT2D eigenvalue weighted by atomic mass is 10.2. The first kappa shape index (κ1) is 17.6. The molecule has 0 radical (unpaired) electrons. The third kappa shape index (κ3) is 4.53. The number of nitrogens with one attached hydrogen (secondary N) is 2. The van der Waals surface area contributed by atoms with Gasteiger partial charge in [-0.1, -0.05) is 0 Å². The smallest absolute Gasteiger partial charge is 0.245 e. The summed E-state index contributed by atoms with van der Waals surface area (Å²) in [6.45, 7) is 5.72. The quantitative estimate of drug-likeness (QED) is 0.797. The summed E-state index contributed by atoms with van der Waals surface area (Å²) < 4.78 is 0. The van der Waals surface area contributed by atoms with Crippen LogP contribution in [-0.4, -0.2) is 59.4 Å². The average molecular weight is 322 g/mol. The molecule has 7 heteroatoms. The Kier molecular flexibility index (Phi) is 7.12. The molecule has 0 aliphatic carbocycles. The van der Waals surface area contributed by atoms with Crippen molar-refractivity contribution in [2.75, 3.05) is 24.6 Å². The number of thioether (sulfide) groups is 1. The third-order valence-electron chi connectivity index (χ3n) is 3.63. The van der Waals surface area contributed by atoms with Gasteiger partial charge in [-0.2, -0.15) is 11.8 Å². The highest BCUT2D eigenvalue weighted by Gasteiger charge is 2.34. The van der Waals surface area contributed by atoms with Gasteiger partial charge in [-0.05, 0) is 20.3 Å². The molecule has 2 atom stereocenters. The van der Waals surface area contributed by atoms with Gasteiger partial charge in [0.2, 0.25) is 11.8 Å². The molecule has 0 bridgehead atoms. The van der Waals surface area contributed by atoms with Crippen LogP contribution in [0.2, 0.25) is 0 Å². The third-order valence-corrected chi connectivity index (χ3v) is 4.76. The van der Waals surface area contributed by atoms with Gasteiger partial charge in [0.05, 0.1) is 0 Å². The number of carbonyl (C=O) groups excluding carboxylic acids is 2. The van der Waals surface area contributed by atoms with E-state index < -0.39 is 0 Å². The molecule has 0 saturated carbocycles. The highest BCUT2D eigenvalue weighted by atomic mass is 35.5. The maximum absolute atomic E-state index is 12.1. The van der Waals surface area contributed by atoms with Crippen molar-refractivity contribution < 1.29 is 9.59 Å². The zero-order valence-corrected chi connectivity index (χ0v) is 13.7. The van der Waals surface area contributed by atoms with Crippen LogP contribution in [0.3, 0.4) is 0 Å². The van der Waals surface area contributed by atoms with Crippen LogP contribution in [0.5, 0.6) is 0 Å². The van der Waals surface area contributed by atoms with Gasteiger partial charge in [-0.25, -0.2) is 0 Å². The van der Waals surface area contributed by atoms with Crippen molar-refractivity contribution >= 4 is 36.0 Å². The predicted octanol–water partition coefficient (Wildman–Crippen LogP) is 0.629. The first-order chi connectivity index (χ1) is 9.08. The second-order valence-corrected chi connectivity index (χ2v) is 6.61. The summed E-state index contributed by atoms with van der Waals surface area (Å²) in [6.07, 6.45) is 1.20. The monoisotopic (exact) mass is 321 g/mol. The standard InChI is InChI=1S/C13H23N3O2S.ClH/c1-9(2)16-5-3-11(13(16)18)15-12(17)7-10-8-19-6-4-14-10;/h9-11,14H,3-8H2,1-2H3,(H,15,17);1H. The molecule has 0 aromatic rings. The fraction of sp³-hybridized carbons (Fsp3) is 0.846. The van der Waals surface area contributed by atoms with Crippen molar-refractivity contribution in [3.63, 3.8) is 0 Å². The molecule has 116 valence electrons. The normalized spacial score (nSPS) is 26.6. The van der Waals surface area contributed by atoms with Crippen LogP contribution in [0.1, 0.15) is 26.7 Å². The van der Waals surface area contributed by atoms with Crippen LogP contribution in [0.25, 0.3) is 0 Å². The minimum Gasteiger partial charge on any atom is -0.344 e. The predicted molar refractivity (Wildman–Crippen MR) is 84.4 cm³/mol. The van der Waals surface area contributed by atoms with E-state index in [2.05, 4.69) is 10.6 Å². The molecule has 2 aliphatic rings. The molecule has 2 aliphatic heterocycles. The Hall–Kier alpha value is -0.460. The van der Waals surface area contributed by atoms with Crippen LogP contribution in [0, 0.1) is 0 Å². The Morgan fingerprint density at radius 3 is 2.85 bits per heavy atom. The summed E-state index contributed by atoms with van der Waals surface area (Å²) in [5.74, 6) is 2.14. The Balaban J connectivity index is 0.00000200. The van der Waals surface area contributed by atoms with Crippen LogP contribution in [-0.2, 0) is 9.59 Å². The summed E-state index contributed by atoms with van der Waals surface area (Å²) >= 11 is 1.87. The first-order valence-electron chi connectivity index (χ1n) is 6.99. The molecular weight excluding hydrogens is 298 g/mol. The van der Waals surface area contributed by atoms with E-state index in [1.807, 2.05) is 30.5 Å². The highest BCUT2D eigenvalue weighted by molar-refractivity contribution is 7.99. The fourth-order valence-corrected chi connectivity index (χ4v) is 3.53. The lowest BCUT2D eigenvalue weighted by Gasteiger charge is -2.24. The first-order valence-corrected chi connectivity index (χ1v) is 8.14. The maximum atomic E-state index is 12.1. The Labute approximate surface area is 131 Å². The zero-order chi connectivity index (χ0) is 13.8. The minimum absolute atomic E-state index is 0. The van der Waals surface area contributed by atoms with Crippen molar-refractivity contribution in [2.45, 2.75) is 44.8 Å². The number of hydrogen-bond acceptors (Lipinski definition) is 4. The summed E-state index contributed by atoms with van der Waals surface area (Å²) in [6, 6.07) is 0.147. The molecule has 0 aromatic heterocycles. The number of amides is 2. The molecule has 0 aromatic carbocycles. The number of carbonyl (C=O) groups is 2. The van der Waals surface area contributed by atoms with E-state index in [0.29, 0.717) is 6.42 Å². The summed E-state index contributed by atoms with van der Waals surface area (Å²) in [5, 5.41) is 6.22. The van der Waals surface area contributed by atoms with Gasteiger partial charge in [0.15, 0.2) is 0 Å². The molecule has 20 heavy (non-hydrogen) atoms. The van der Waals surface area contributed by atoms with E-state index in [-0.39, 0.29) is 42.3 Å². The molecule has 0 spiro atoms. The van der Waals surface area contributed by atoms with Crippen molar-refractivity contribution in [3.05, 3.63) is 0 Å². The lowest BCUT2D eigenvalue weighted by Crippen LogP contribution is -2.46. The van der Waals surface area contributed by atoms with Gasteiger partial charge in [-0.15, -0.1) is 12.4 Å². The van der Waals surface area contributed by atoms with Gasteiger partial charge in [0.25, 0.3) is 0 Å². The number of likely N-dealkylation sites (tertiary alicyclic amines) is 1. The number of rotatable bonds is 4. The van der Waals surface area contributed by atoms with E-state index in [0.717, 1.165) is 31.0 Å². The van der Waals surface area contributed by atoms with E-state index in [4.69, 9.17) is 0 Å². The topological polar surface area (TPSA) is 61.4 Å². The molecule has 2 N–H and O–H groups in total. The molecule has 2 amide bonds. The van der Waals surface area contributed by atoms with Crippen molar-refractivity contribution in [2.24, 2.45) is 0 Å². The number of hydrogen-bond donors (Lipinski definition) is 2. The fourth-order valence-electron chi connectivity index (χ4n) is 2.58. The van der Waals surface area contributed by atoms with E-state index in [1.165, 1.54) is 0 Å².